The Morgan fingerprint density at radius 1 is 1.14 bits per heavy atom. The van der Waals surface area contributed by atoms with Gasteiger partial charge in [0.2, 0.25) is 5.91 Å². The highest BCUT2D eigenvalue weighted by Gasteiger charge is 2.43. The van der Waals surface area contributed by atoms with Gasteiger partial charge in [0.05, 0.1) is 18.1 Å². The second kappa shape index (κ2) is 8.54. The highest BCUT2D eigenvalue weighted by atomic mass is 35.5. The summed E-state index contributed by atoms with van der Waals surface area (Å²) in [4.78, 5) is 13.2. The molecule has 0 radical (unpaired) electrons. The van der Waals surface area contributed by atoms with E-state index in [0.717, 1.165) is 42.6 Å². The zero-order chi connectivity index (χ0) is 20.2. The fourth-order valence-corrected chi connectivity index (χ4v) is 4.21. The Hall–Kier alpha value is -2.04. The number of hydrogen-bond acceptors (Lipinski definition) is 3. The van der Waals surface area contributed by atoms with Crippen molar-refractivity contribution in [2.75, 3.05) is 13.7 Å². The van der Waals surface area contributed by atoms with Crippen LogP contribution in [0.15, 0.2) is 48.5 Å². The third-order valence-electron chi connectivity index (χ3n) is 5.66. The molecule has 28 heavy (non-hydrogen) atoms. The number of nitrogens with one attached hydrogen (secondary N) is 1. The summed E-state index contributed by atoms with van der Waals surface area (Å²) in [7, 11) is 1.63. The van der Waals surface area contributed by atoms with Crippen molar-refractivity contribution >= 4 is 17.5 Å². The molecule has 1 saturated carbocycles. The highest BCUT2D eigenvalue weighted by molar-refractivity contribution is 6.30. The molecule has 150 valence electrons. The van der Waals surface area contributed by atoms with E-state index in [9.17, 15) is 9.90 Å². The molecule has 4 nitrogen and oxygen atoms in total. The van der Waals surface area contributed by atoms with Gasteiger partial charge < -0.3 is 15.2 Å². The Morgan fingerprint density at radius 3 is 2.32 bits per heavy atom. The average Bonchev–Trinajstić information content (AvgIpc) is 3.18. The van der Waals surface area contributed by atoms with Gasteiger partial charge in [0.25, 0.3) is 0 Å². The van der Waals surface area contributed by atoms with Crippen molar-refractivity contribution in [1.82, 2.24) is 5.32 Å². The first-order valence-corrected chi connectivity index (χ1v) is 10.1. The van der Waals surface area contributed by atoms with Gasteiger partial charge in [0.15, 0.2) is 0 Å². The van der Waals surface area contributed by atoms with E-state index in [-0.39, 0.29) is 12.5 Å². The van der Waals surface area contributed by atoms with Crippen molar-refractivity contribution in [3.63, 3.8) is 0 Å². The molecule has 2 aromatic carbocycles. The Bertz CT molecular complexity index is 794. The topological polar surface area (TPSA) is 58.6 Å². The zero-order valence-corrected chi connectivity index (χ0v) is 17.3. The molecular weight excluding hydrogens is 374 g/mol. The van der Waals surface area contributed by atoms with Crippen LogP contribution in [0.2, 0.25) is 5.02 Å². The number of benzene rings is 2. The summed E-state index contributed by atoms with van der Waals surface area (Å²) in [5, 5.41) is 14.5. The summed E-state index contributed by atoms with van der Waals surface area (Å²) in [5.41, 5.74) is 0.431. The van der Waals surface area contributed by atoms with Crippen LogP contribution in [0.1, 0.15) is 43.7 Å². The first-order chi connectivity index (χ1) is 13.3. The molecule has 0 aromatic heterocycles. The van der Waals surface area contributed by atoms with Crippen molar-refractivity contribution in [3.8, 4) is 5.75 Å². The normalized spacial score (nSPS) is 17.7. The lowest BCUT2D eigenvalue weighted by Crippen LogP contribution is -2.49. The molecule has 1 aliphatic rings. The lowest BCUT2D eigenvalue weighted by Gasteiger charge is -2.31. The first kappa shape index (κ1) is 20.7. The molecule has 5 heteroatoms. The van der Waals surface area contributed by atoms with Crippen LogP contribution in [0.5, 0.6) is 5.75 Å². The predicted octanol–water partition coefficient (Wildman–Crippen LogP) is 4.27. The van der Waals surface area contributed by atoms with Crippen LogP contribution < -0.4 is 10.1 Å². The van der Waals surface area contributed by atoms with Crippen molar-refractivity contribution in [2.24, 2.45) is 0 Å². The summed E-state index contributed by atoms with van der Waals surface area (Å²) in [6.45, 7) is 1.95. The smallest absolute Gasteiger partial charge is 0.230 e. The third kappa shape index (κ3) is 4.68. The monoisotopic (exact) mass is 401 g/mol. The number of rotatable bonds is 7. The summed E-state index contributed by atoms with van der Waals surface area (Å²) in [6, 6.07) is 15.2. The number of aliphatic hydroxyl groups is 1. The van der Waals surface area contributed by atoms with E-state index in [1.807, 2.05) is 48.5 Å². The molecule has 1 amide bonds. The standard InChI is InChI=1S/C23H28ClNO3/c1-22(27,15-17-5-11-20(28-2)12-6-17)16-25-21(26)23(13-3-4-14-23)18-7-9-19(24)10-8-18/h5-12,27H,3-4,13-16H2,1-2H3,(H,25,26)/t22-/m0/s1. The predicted molar refractivity (Wildman–Crippen MR) is 112 cm³/mol. The molecule has 1 fully saturated rings. The van der Waals surface area contributed by atoms with Gasteiger partial charge in [-0.15, -0.1) is 0 Å². The Balaban J connectivity index is 1.67. The van der Waals surface area contributed by atoms with E-state index in [0.29, 0.717) is 11.4 Å². The summed E-state index contributed by atoms with van der Waals surface area (Å²) >= 11 is 6.02. The van der Waals surface area contributed by atoms with Gasteiger partial charge in [0.1, 0.15) is 5.75 Å². The number of carbonyl (C=O) groups is 1. The Kier molecular flexibility index (Phi) is 6.31. The van der Waals surface area contributed by atoms with Gasteiger partial charge in [-0.2, -0.15) is 0 Å². The highest BCUT2D eigenvalue weighted by Crippen LogP contribution is 2.41. The van der Waals surface area contributed by atoms with Crippen molar-refractivity contribution < 1.29 is 14.6 Å². The minimum atomic E-state index is -1.04. The van der Waals surface area contributed by atoms with Gasteiger partial charge >= 0.3 is 0 Å². The molecule has 1 aliphatic carbocycles. The van der Waals surface area contributed by atoms with Crippen LogP contribution in [0, 0.1) is 0 Å². The maximum Gasteiger partial charge on any atom is 0.230 e. The van der Waals surface area contributed by atoms with Crippen LogP contribution in [-0.2, 0) is 16.6 Å². The summed E-state index contributed by atoms with van der Waals surface area (Å²) in [6.07, 6.45) is 4.14. The van der Waals surface area contributed by atoms with Gasteiger partial charge in [-0.25, -0.2) is 0 Å². The molecule has 0 aliphatic heterocycles. The number of ether oxygens (including phenoxy) is 1. The van der Waals surface area contributed by atoms with Crippen LogP contribution in [0.3, 0.4) is 0 Å². The van der Waals surface area contributed by atoms with Crippen molar-refractivity contribution in [3.05, 3.63) is 64.7 Å². The molecule has 2 N–H and O–H groups in total. The Morgan fingerprint density at radius 2 is 1.75 bits per heavy atom. The van der Waals surface area contributed by atoms with Gasteiger partial charge in [-0.1, -0.05) is 48.7 Å². The van der Waals surface area contributed by atoms with E-state index < -0.39 is 11.0 Å². The molecule has 0 unspecified atom stereocenters. The number of halogens is 1. The molecule has 3 rings (SSSR count). The van der Waals surface area contributed by atoms with E-state index in [4.69, 9.17) is 16.3 Å². The lowest BCUT2D eigenvalue weighted by atomic mass is 9.78. The van der Waals surface area contributed by atoms with Crippen molar-refractivity contribution in [1.29, 1.82) is 0 Å². The number of amides is 1. The summed E-state index contributed by atoms with van der Waals surface area (Å²) in [5.74, 6) is 0.769. The first-order valence-electron chi connectivity index (χ1n) is 9.74. The number of hydrogen-bond donors (Lipinski definition) is 2. The molecule has 0 bridgehead atoms. The van der Waals surface area contributed by atoms with E-state index in [1.165, 1.54) is 0 Å². The van der Waals surface area contributed by atoms with Gasteiger partial charge in [0, 0.05) is 18.0 Å². The zero-order valence-electron chi connectivity index (χ0n) is 16.5. The van der Waals surface area contributed by atoms with E-state index in [2.05, 4.69) is 5.32 Å². The van der Waals surface area contributed by atoms with Gasteiger partial charge in [-0.05, 0) is 55.2 Å². The quantitative estimate of drug-likeness (QED) is 0.728. The fourth-order valence-electron chi connectivity index (χ4n) is 4.08. The molecule has 2 aromatic rings. The minimum Gasteiger partial charge on any atom is -0.497 e. The lowest BCUT2D eigenvalue weighted by molar-refractivity contribution is -0.127. The van der Waals surface area contributed by atoms with Crippen LogP contribution >= 0.6 is 11.6 Å². The minimum absolute atomic E-state index is 0.0117. The van der Waals surface area contributed by atoms with Crippen molar-refractivity contribution in [2.45, 2.75) is 50.0 Å². The largest absolute Gasteiger partial charge is 0.497 e. The van der Waals surface area contributed by atoms with Crippen LogP contribution in [0.4, 0.5) is 0 Å². The third-order valence-corrected chi connectivity index (χ3v) is 5.91. The second-order valence-electron chi connectivity index (χ2n) is 8.00. The van der Waals surface area contributed by atoms with E-state index in [1.54, 1.807) is 14.0 Å². The molecule has 1 atom stereocenters. The molecule has 0 heterocycles. The molecule has 0 saturated heterocycles. The van der Waals surface area contributed by atoms with Crippen LogP contribution in [-0.4, -0.2) is 30.3 Å². The van der Waals surface area contributed by atoms with Gasteiger partial charge in [-0.3, -0.25) is 4.79 Å². The number of methoxy groups -OCH3 is 1. The maximum atomic E-state index is 13.2. The number of carbonyl (C=O) groups excluding carboxylic acids is 1. The molecule has 0 spiro atoms. The summed E-state index contributed by atoms with van der Waals surface area (Å²) < 4.78 is 5.17. The SMILES string of the molecule is COc1ccc(C[C@](C)(O)CNC(=O)C2(c3ccc(Cl)cc3)CCCC2)cc1. The van der Waals surface area contributed by atoms with Crippen LogP contribution in [0.25, 0.3) is 0 Å². The maximum absolute atomic E-state index is 13.2. The molecular formula is C23H28ClNO3. The fraction of sp³-hybridized carbons (Fsp3) is 0.435. The average molecular weight is 402 g/mol. The second-order valence-corrected chi connectivity index (χ2v) is 8.44. The Labute approximate surface area is 171 Å². The van der Waals surface area contributed by atoms with E-state index >= 15 is 0 Å².